The first-order valence-corrected chi connectivity index (χ1v) is 8.56. The lowest BCUT2D eigenvalue weighted by Crippen LogP contribution is -2.43. The van der Waals surface area contributed by atoms with Crippen molar-refractivity contribution in [3.63, 3.8) is 0 Å². The molecule has 1 atom stereocenters. The second kappa shape index (κ2) is 7.26. The lowest BCUT2D eigenvalue weighted by molar-refractivity contribution is 0.0694. The van der Waals surface area contributed by atoms with Gasteiger partial charge in [-0.05, 0) is 24.0 Å². The second-order valence-electron chi connectivity index (χ2n) is 6.71. The Labute approximate surface area is 141 Å². The molecule has 7 heteroatoms. The SMILES string of the molecule is N/C(CC1CCCCC1)=N\[C@H]1Cc2cccc(C(=O)O)c2OB1O. The number of carboxylic acids is 1. The number of fused-ring (bicyclic) bond motifs is 1. The van der Waals surface area contributed by atoms with Crippen LogP contribution < -0.4 is 10.4 Å². The van der Waals surface area contributed by atoms with Gasteiger partial charge in [-0.3, -0.25) is 4.99 Å². The van der Waals surface area contributed by atoms with Crippen molar-refractivity contribution in [2.75, 3.05) is 0 Å². The number of hydrogen-bond acceptors (Lipinski definition) is 4. The molecule has 1 aliphatic heterocycles. The van der Waals surface area contributed by atoms with Crippen molar-refractivity contribution in [3.8, 4) is 5.75 Å². The van der Waals surface area contributed by atoms with E-state index in [1.807, 2.05) is 0 Å². The summed E-state index contributed by atoms with van der Waals surface area (Å²) < 4.78 is 5.44. The van der Waals surface area contributed by atoms with Gasteiger partial charge in [0.25, 0.3) is 0 Å². The highest BCUT2D eigenvalue weighted by Crippen LogP contribution is 2.31. The summed E-state index contributed by atoms with van der Waals surface area (Å²) in [5.74, 6) is -0.208. The van der Waals surface area contributed by atoms with Gasteiger partial charge in [-0.15, -0.1) is 0 Å². The number of nitrogens with zero attached hydrogens (tertiary/aromatic N) is 1. The normalized spacial score (nSPS) is 22.0. The average Bonchev–Trinajstić information content (AvgIpc) is 2.55. The Morgan fingerprint density at radius 3 is 2.79 bits per heavy atom. The van der Waals surface area contributed by atoms with Crippen LogP contribution in [0, 0.1) is 5.92 Å². The summed E-state index contributed by atoms with van der Waals surface area (Å²) in [6, 6.07) is 4.94. The number of aromatic carboxylic acids is 1. The zero-order chi connectivity index (χ0) is 17.1. The van der Waals surface area contributed by atoms with Gasteiger partial charge in [-0.1, -0.05) is 44.2 Å². The zero-order valence-electron chi connectivity index (χ0n) is 13.6. The standard InChI is InChI=1S/C17H23BN2O4/c19-15(9-11-5-2-1-3-6-11)20-14-10-12-7-4-8-13(17(21)22)16(12)24-18(14)23/h4,7-8,11,14,23H,1-3,5-6,9-10H2,(H2,19,20)(H,21,22)/t14-/m0/s1. The fourth-order valence-electron chi connectivity index (χ4n) is 3.64. The molecule has 1 fully saturated rings. The quantitative estimate of drug-likeness (QED) is 0.445. The summed E-state index contributed by atoms with van der Waals surface area (Å²) >= 11 is 0. The van der Waals surface area contributed by atoms with Crippen LogP contribution in [-0.4, -0.2) is 35.0 Å². The van der Waals surface area contributed by atoms with E-state index in [1.165, 1.54) is 38.2 Å². The number of para-hydroxylation sites is 1. The molecule has 6 nitrogen and oxygen atoms in total. The van der Waals surface area contributed by atoms with Crippen LogP contribution in [0.25, 0.3) is 0 Å². The molecule has 0 radical (unpaired) electrons. The predicted octanol–water partition coefficient (Wildman–Crippen LogP) is 2.04. The van der Waals surface area contributed by atoms with Crippen molar-refractivity contribution in [1.29, 1.82) is 0 Å². The van der Waals surface area contributed by atoms with Crippen LogP contribution in [0.5, 0.6) is 5.75 Å². The molecule has 128 valence electrons. The van der Waals surface area contributed by atoms with E-state index >= 15 is 0 Å². The zero-order valence-corrected chi connectivity index (χ0v) is 13.6. The number of carboxylic acid groups (broad SMARTS) is 1. The first-order valence-electron chi connectivity index (χ1n) is 8.56. The molecule has 0 bridgehead atoms. The van der Waals surface area contributed by atoms with Crippen molar-refractivity contribution < 1.29 is 19.6 Å². The summed E-state index contributed by atoms with van der Waals surface area (Å²) in [6.45, 7) is 0. The molecule has 0 unspecified atom stereocenters. The maximum Gasteiger partial charge on any atom is 0.549 e. The molecule has 1 aliphatic carbocycles. The Bertz CT molecular complexity index is 643. The number of aliphatic imine (C=N–C) groups is 1. The molecular weight excluding hydrogens is 307 g/mol. The first kappa shape index (κ1) is 16.8. The second-order valence-corrected chi connectivity index (χ2v) is 6.71. The molecular formula is C17H23BN2O4. The van der Waals surface area contributed by atoms with E-state index in [2.05, 4.69) is 4.99 Å². The summed E-state index contributed by atoms with van der Waals surface area (Å²) in [7, 11) is -1.18. The van der Waals surface area contributed by atoms with Crippen molar-refractivity contribution in [3.05, 3.63) is 29.3 Å². The molecule has 24 heavy (non-hydrogen) atoms. The summed E-state index contributed by atoms with van der Waals surface area (Å²) in [4.78, 5) is 15.7. The van der Waals surface area contributed by atoms with Gasteiger partial charge in [0.05, 0.1) is 11.4 Å². The minimum absolute atomic E-state index is 0.0594. The van der Waals surface area contributed by atoms with E-state index in [0.29, 0.717) is 18.2 Å². The third kappa shape index (κ3) is 3.72. The Balaban J connectivity index is 1.72. The molecule has 1 heterocycles. The lowest BCUT2D eigenvalue weighted by atomic mass is 9.72. The molecule has 2 aliphatic rings. The molecule has 0 aromatic heterocycles. The summed E-state index contributed by atoms with van der Waals surface area (Å²) in [5, 5.41) is 19.4. The third-order valence-corrected chi connectivity index (χ3v) is 4.88. The van der Waals surface area contributed by atoms with Crippen LogP contribution in [0.4, 0.5) is 0 Å². The Kier molecular flexibility index (Phi) is 5.09. The third-order valence-electron chi connectivity index (χ3n) is 4.88. The molecule has 0 amide bonds. The van der Waals surface area contributed by atoms with E-state index in [4.69, 9.17) is 10.4 Å². The molecule has 3 rings (SSSR count). The van der Waals surface area contributed by atoms with Gasteiger partial charge in [0.15, 0.2) is 0 Å². The van der Waals surface area contributed by atoms with Gasteiger partial charge >= 0.3 is 13.1 Å². The molecule has 0 spiro atoms. The largest absolute Gasteiger partial charge is 0.549 e. The van der Waals surface area contributed by atoms with Crippen LogP contribution >= 0.6 is 0 Å². The fraction of sp³-hybridized carbons (Fsp3) is 0.529. The van der Waals surface area contributed by atoms with E-state index in [9.17, 15) is 14.9 Å². The van der Waals surface area contributed by atoms with Crippen LogP contribution in [0.15, 0.2) is 23.2 Å². The van der Waals surface area contributed by atoms with E-state index in [1.54, 1.807) is 12.1 Å². The number of amidine groups is 1. The van der Waals surface area contributed by atoms with E-state index in [0.717, 1.165) is 12.0 Å². The maximum atomic E-state index is 11.3. The van der Waals surface area contributed by atoms with Gasteiger partial charge in [-0.25, -0.2) is 4.79 Å². The minimum Gasteiger partial charge on any atom is -0.534 e. The molecule has 4 N–H and O–H groups in total. The van der Waals surface area contributed by atoms with Crippen molar-refractivity contribution in [2.45, 2.75) is 50.9 Å². The highest BCUT2D eigenvalue weighted by Gasteiger charge is 2.37. The van der Waals surface area contributed by atoms with Gasteiger partial charge in [0.2, 0.25) is 0 Å². The van der Waals surface area contributed by atoms with E-state index < -0.39 is 19.0 Å². The minimum atomic E-state index is -1.18. The summed E-state index contributed by atoms with van der Waals surface area (Å²) in [6.07, 6.45) is 7.34. The smallest absolute Gasteiger partial charge is 0.534 e. The molecule has 0 saturated heterocycles. The average molecular weight is 330 g/mol. The number of nitrogens with two attached hydrogens (primary N) is 1. The van der Waals surface area contributed by atoms with Crippen LogP contribution in [0.1, 0.15) is 54.4 Å². The van der Waals surface area contributed by atoms with Crippen LogP contribution in [-0.2, 0) is 6.42 Å². The number of benzene rings is 1. The Hall–Kier alpha value is -2.02. The number of rotatable bonds is 4. The van der Waals surface area contributed by atoms with E-state index in [-0.39, 0.29) is 11.3 Å². The van der Waals surface area contributed by atoms with Crippen LogP contribution in [0.3, 0.4) is 0 Å². The Morgan fingerprint density at radius 1 is 1.33 bits per heavy atom. The van der Waals surface area contributed by atoms with Gasteiger partial charge in [-0.2, -0.15) is 0 Å². The number of carbonyl (C=O) groups is 1. The topological polar surface area (TPSA) is 105 Å². The Morgan fingerprint density at radius 2 is 2.08 bits per heavy atom. The first-order chi connectivity index (χ1) is 11.5. The number of hydrogen-bond donors (Lipinski definition) is 3. The van der Waals surface area contributed by atoms with Gasteiger partial charge < -0.3 is 20.5 Å². The molecule has 1 aromatic rings. The highest BCUT2D eigenvalue weighted by atomic mass is 16.5. The highest BCUT2D eigenvalue weighted by molar-refractivity contribution is 6.46. The van der Waals surface area contributed by atoms with Crippen LogP contribution in [0.2, 0.25) is 0 Å². The van der Waals surface area contributed by atoms with Gasteiger partial charge in [0.1, 0.15) is 11.7 Å². The lowest BCUT2D eigenvalue weighted by Gasteiger charge is -2.27. The molecule has 1 saturated carbocycles. The fourth-order valence-corrected chi connectivity index (χ4v) is 3.64. The van der Waals surface area contributed by atoms with Crippen molar-refractivity contribution in [2.24, 2.45) is 16.6 Å². The van der Waals surface area contributed by atoms with Gasteiger partial charge in [0, 0.05) is 6.42 Å². The monoisotopic (exact) mass is 330 g/mol. The molecule has 1 aromatic carbocycles. The predicted molar refractivity (Wildman–Crippen MR) is 92.3 cm³/mol. The maximum absolute atomic E-state index is 11.3. The van der Waals surface area contributed by atoms with Crippen molar-refractivity contribution >= 4 is 18.9 Å². The summed E-state index contributed by atoms with van der Waals surface area (Å²) in [5.41, 5.74) is 6.88. The van der Waals surface area contributed by atoms with Crippen molar-refractivity contribution in [1.82, 2.24) is 0 Å².